The first-order chi connectivity index (χ1) is 9.19. The van der Waals surface area contributed by atoms with E-state index in [2.05, 4.69) is 0 Å². The number of nitrogens with two attached hydrogens (primary N) is 1. The van der Waals surface area contributed by atoms with Gasteiger partial charge in [0.1, 0.15) is 11.5 Å². The molecule has 0 saturated heterocycles. The van der Waals surface area contributed by atoms with Crippen molar-refractivity contribution in [2.24, 2.45) is 5.73 Å². The van der Waals surface area contributed by atoms with Crippen molar-refractivity contribution < 1.29 is 14.6 Å². The third-order valence-corrected chi connectivity index (χ3v) is 3.02. The summed E-state index contributed by atoms with van der Waals surface area (Å²) in [5.74, 6) is 1.58. The van der Waals surface area contributed by atoms with Gasteiger partial charge in [-0.25, -0.2) is 0 Å². The van der Waals surface area contributed by atoms with Crippen molar-refractivity contribution in [3.05, 3.63) is 23.8 Å². The molecule has 0 bridgehead atoms. The fourth-order valence-electron chi connectivity index (χ4n) is 1.89. The molecule has 1 aromatic rings. The molecule has 0 aliphatic heterocycles. The zero-order chi connectivity index (χ0) is 14.1. The van der Waals surface area contributed by atoms with Gasteiger partial charge in [0.2, 0.25) is 0 Å². The first-order valence-electron chi connectivity index (χ1n) is 6.86. The Morgan fingerprint density at radius 1 is 1.21 bits per heavy atom. The molecule has 108 valence electrons. The van der Waals surface area contributed by atoms with Gasteiger partial charge in [-0.15, -0.1) is 0 Å². The predicted molar refractivity (Wildman–Crippen MR) is 76.6 cm³/mol. The largest absolute Gasteiger partial charge is 0.497 e. The normalized spacial score (nSPS) is 12.2. The molecule has 1 atom stereocenters. The lowest BCUT2D eigenvalue weighted by Crippen LogP contribution is -2.09. The van der Waals surface area contributed by atoms with Crippen LogP contribution in [0.25, 0.3) is 0 Å². The molecule has 3 N–H and O–H groups in total. The Hall–Kier alpha value is -1.26. The molecule has 0 radical (unpaired) electrons. The first kappa shape index (κ1) is 15.8. The van der Waals surface area contributed by atoms with Gasteiger partial charge in [0.25, 0.3) is 0 Å². The summed E-state index contributed by atoms with van der Waals surface area (Å²) in [5, 5.41) is 8.70. The number of benzene rings is 1. The van der Waals surface area contributed by atoms with Gasteiger partial charge in [0.05, 0.1) is 13.7 Å². The van der Waals surface area contributed by atoms with Crippen LogP contribution in [-0.4, -0.2) is 25.4 Å². The average molecular weight is 267 g/mol. The summed E-state index contributed by atoms with van der Waals surface area (Å²) in [6.45, 7) is 2.87. The van der Waals surface area contributed by atoms with E-state index in [1.807, 2.05) is 25.1 Å². The molecule has 0 heterocycles. The molecular weight excluding hydrogens is 242 g/mol. The van der Waals surface area contributed by atoms with Crippen LogP contribution in [0.1, 0.15) is 44.2 Å². The minimum atomic E-state index is -0.0599. The van der Waals surface area contributed by atoms with Gasteiger partial charge in [-0.05, 0) is 32.3 Å². The SMILES string of the molecule is COc1ccc([C@@H](C)N)c(OCCCCCCO)c1. The van der Waals surface area contributed by atoms with Crippen LogP contribution in [0.15, 0.2) is 18.2 Å². The number of unbranched alkanes of at least 4 members (excludes halogenated alkanes) is 3. The van der Waals surface area contributed by atoms with Gasteiger partial charge in [-0.1, -0.05) is 12.5 Å². The molecule has 19 heavy (non-hydrogen) atoms. The monoisotopic (exact) mass is 267 g/mol. The maximum absolute atomic E-state index is 8.70. The minimum absolute atomic E-state index is 0.0599. The highest BCUT2D eigenvalue weighted by Crippen LogP contribution is 2.28. The van der Waals surface area contributed by atoms with E-state index in [9.17, 15) is 0 Å². The van der Waals surface area contributed by atoms with Crippen molar-refractivity contribution in [2.75, 3.05) is 20.3 Å². The second-order valence-corrected chi connectivity index (χ2v) is 4.68. The molecule has 0 amide bonds. The van der Waals surface area contributed by atoms with Crippen LogP contribution in [0.5, 0.6) is 11.5 Å². The van der Waals surface area contributed by atoms with Gasteiger partial charge < -0.3 is 20.3 Å². The topological polar surface area (TPSA) is 64.7 Å². The lowest BCUT2D eigenvalue weighted by atomic mass is 10.1. The average Bonchev–Trinajstić information content (AvgIpc) is 2.42. The van der Waals surface area contributed by atoms with E-state index in [0.717, 1.165) is 42.7 Å². The molecule has 0 saturated carbocycles. The molecule has 0 aromatic heterocycles. The van der Waals surface area contributed by atoms with Gasteiger partial charge in [-0.3, -0.25) is 0 Å². The fourth-order valence-corrected chi connectivity index (χ4v) is 1.89. The van der Waals surface area contributed by atoms with E-state index in [0.29, 0.717) is 6.61 Å². The third kappa shape index (κ3) is 5.49. The summed E-state index contributed by atoms with van der Waals surface area (Å²) in [5.41, 5.74) is 6.92. The molecule has 4 heteroatoms. The smallest absolute Gasteiger partial charge is 0.127 e. The molecule has 0 fully saturated rings. The molecule has 1 aromatic carbocycles. The number of aliphatic hydroxyl groups is 1. The number of hydrogen-bond acceptors (Lipinski definition) is 4. The lowest BCUT2D eigenvalue weighted by molar-refractivity contribution is 0.272. The molecule has 0 unspecified atom stereocenters. The highest BCUT2D eigenvalue weighted by molar-refractivity contribution is 5.42. The van der Waals surface area contributed by atoms with Crippen molar-refractivity contribution in [3.8, 4) is 11.5 Å². The number of rotatable bonds is 9. The van der Waals surface area contributed by atoms with E-state index in [-0.39, 0.29) is 12.6 Å². The van der Waals surface area contributed by atoms with E-state index < -0.39 is 0 Å². The fraction of sp³-hybridized carbons (Fsp3) is 0.600. The standard InChI is InChI=1S/C15H25NO3/c1-12(16)14-8-7-13(18-2)11-15(14)19-10-6-4-3-5-9-17/h7-8,11-12,17H,3-6,9-10,16H2,1-2H3/t12-/m1/s1. The van der Waals surface area contributed by atoms with Crippen molar-refractivity contribution in [1.82, 2.24) is 0 Å². The maximum atomic E-state index is 8.70. The van der Waals surface area contributed by atoms with Gasteiger partial charge >= 0.3 is 0 Å². The molecular formula is C15H25NO3. The zero-order valence-corrected chi connectivity index (χ0v) is 11.9. The second kappa shape index (κ2) is 8.77. The molecule has 0 aliphatic carbocycles. The Morgan fingerprint density at radius 2 is 1.95 bits per heavy atom. The van der Waals surface area contributed by atoms with Crippen LogP contribution in [0, 0.1) is 0 Å². The summed E-state index contributed by atoms with van der Waals surface area (Å²) in [4.78, 5) is 0. The maximum Gasteiger partial charge on any atom is 0.127 e. The lowest BCUT2D eigenvalue weighted by Gasteiger charge is -2.15. The van der Waals surface area contributed by atoms with Crippen LogP contribution in [0.3, 0.4) is 0 Å². The van der Waals surface area contributed by atoms with Crippen LogP contribution in [0.2, 0.25) is 0 Å². The van der Waals surface area contributed by atoms with Crippen LogP contribution < -0.4 is 15.2 Å². The minimum Gasteiger partial charge on any atom is -0.497 e. The van der Waals surface area contributed by atoms with E-state index in [1.54, 1.807) is 7.11 Å². The summed E-state index contributed by atoms with van der Waals surface area (Å²) in [6.07, 6.45) is 3.95. The van der Waals surface area contributed by atoms with Gasteiger partial charge in [0.15, 0.2) is 0 Å². The molecule has 0 spiro atoms. The van der Waals surface area contributed by atoms with Gasteiger partial charge in [-0.2, -0.15) is 0 Å². The molecule has 4 nitrogen and oxygen atoms in total. The van der Waals surface area contributed by atoms with Gasteiger partial charge in [0, 0.05) is 24.3 Å². The predicted octanol–water partition coefficient (Wildman–Crippen LogP) is 2.65. The number of hydrogen-bond donors (Lipinski definition) is 2. The summed E-state index contributed by atoms with van der Waals surface area (Å²) in [7, 11) is 1.64. The number of ether oxygens (including phenoxy) is 2. The number of methoxy groups -OCH3 is 1. The quantitative estimate of drug-likeness (QED) is 0.675. The second-order valence-electron chi connectivity index (χ2n) is 4.68. The van der Waals surface area contributed by atoms with Crippen molar-refractivity contribution in [2.45, 2.75) is 38.6 Å². The summed E-state index contributed by atoms with van der Waals surface area (Å²) in [6, 6.07) is 5.67. The number of aliphatic hydroxyl groups excluding tert-OH is 1. The van der Waals surface area contributed by atoms with Crippen LogP contribution in [-0.2, 0) is 0 Å². The zero-order valence-electron chi connectivity index (χ0n) is 11.9. The third-order valence-electron chi connectivity index (χ3n) is 3.02. The Morgan fingerprint density at radius 3 is 2.58 bits per heavy atom. The van der Waals surface area contributed by atoms with Crippen LogP contribution >= 0.6 is 0 Å². The Kier molecular flexibility index (Phi) is 7.30. The van der Waals surface area contributed by atoms with E-state index >= 15 is 0 Å². The van der Waals surface area contributed by atoms with Crippen molar-refractivity contribution in [1.29, 1.82) is 0 Å². The van der Waals surface area contributed by atoms with Crippen molar-refractivity contribution in [3.63, 3.8) is 0 Å². The summed E-state index contributed by atoms with van der Waals surface area (Å²) < 4.78 is 11.0. The molecule has 0 aliphatic rings. The van der Waals surface area contributed by atoms with E-state index in [4.69, 9.17) is 20.3 Å². The first-order valence-corrected chi connectivity index (χ1v) is 6.86. The molecule has 1 rings (SSSR count). The highest BCUT2D eigenvalue weighted by Gasteiger charge is 2.09. The Labute approximate surface area is 115 Å². The Balaban J connectivity index is 2.50. The van der Waals surface area contributed by atoms with Crippen molar-refractivity contribution >= 4 is 0 Å². The summed E-state index contributed by atoms with van der Waals surface area (Å²) >= 11 is 0. The van der Waals surface area contributed by atoms with E-state index in [1.165, 1.54) is 0 Å². The Bertz CT molecular complexity index is 366. The van der Waals surface area contributed by atoms with Crippen LogP contribution in [0.4, 0.5) is 0 Å². The highest BCUT2D eigenvalue weighted by atomic mass is 16.5.